The average molecular weight is 375 g/mol. The first-order chi connectivity index (χ1) is 13.6. The average Bonchev–Trinajstić information content (AvgIpc) is 2.75. The van der Waals surface area contributed by atoms with Crippen LogP contribution < -0.4 is 14.5 Å². The van der Waals surface area contributed by atoms with E-state index in [1.54, 1.807) is 7.11 Å². The van der Waals surface area contributed by atoms with Gasteiger partial charge in [0.1, 0.15) is 11.4 Å². The van der Waals surface area contributed by atoms with Crippen molar-refractivity contribution < 1.29 is 4.74 Å². The number of piperazine rings is 1. The van der Waals surface area contributed by atoms with Crippen LogP contribution in [-0.4, -0.2) is 48.5 Å². The van der Waals surface area contributed by atoms with Crippen molar-refractivity contribution >= 4 is 11.5 Å². The van der Waals surface area contributed by atoms with Gasteiger partial charge in [-0.15, -0.1) is 10.2 Å². The van der Waals surface area contributed by atoms with Gasteiger partial charge in [0, 0.05) is 43.5 Å². The highest BCUT2D eigenvalue weighted by atomic mass is 16.5. The molecular formula is C22H25N5O. The Kier molecular flexibility index (Phi) is 5.10. The summed E-state index contributed by atoms with van der Waals surface area (Å²) in [5.41, 5.74) is 4.27. The summed E-state index contributed by atoms with van der Waals surface area (Å²) in [6.07, 6.45) is 0. The summed E-state index contributed by atoms with van der Waals surface area (Å²) < 4.78 is 5.35. The van der Waals surface area contributed by atoms with E-state index in [-0.39, 0.29) is 0 Å². The minimum absolute atomic E-state index is 0.677. The monoisotopic (exact) mass is 375 g/mol. The third-order valence-electron chi connectivity index (χ3n) is 5.14. The minimum atomic E-state index is 0.677. The summed E-state index contributed by atoms with van der Waals surface area (Å²) in [6.45, 7) is 7.69. The molecule has 0 amide bonds. The largest absolute Gasteiger partial charge is 0.497 e. The van der Waals surface area contributed by atoms with Crippen LogP contribution in [0.25, 0.3) is 11.4 Å². The highest BCUT2D eigenvalue weighted by Gasteiger charge is 2.21. The Bertz CT molecular complexity index is 949. The lowest BCUT2D eigenvalue weighted by molar-refractivity contribution is 0.414. The van der Waals surface area contributed by atoms with Crippen LogP contribution in [0.5, 0.6) is 5.75 Å². The maximum absolute atomic E-state index is 5.35. The molecule has 0 radical (unpaired) electrons. The van der Waals surface area contributed by atoms with Crippen molar-refractivity contribution in [2.45, 2.75) is 13.8 Å². The van der Waals surface area contributed by atoms with Crippen molar-refractivity contribution in [3.8, 4) is 17.1 Å². The Morgan fingerprint density at radius 2 is 1.57 bits per heavy atom. The second kappa shape index (κ2) is 7.84. The van der Waals surface area contributed by atoms with Crippen LogP contribution in [0.15, 0.2) is 48.5 Å². The second-order valence-corrected chi connectivity index (χ2v) is 7.09. The van der Waals surface area contributed by atoms with Crippen molar-refractivity contribution in [3.05, 3.63) is 59.8 Å². The van der Waals surface area contributed by atoms with Crippen molar-refractivity contribution in [1.82, 2.24) is 15.2 Å². The molecule has 0 aliphatic carbocycles. The zero-order chi connectivity index (χ0) is 19.5. The molecule has 1 aliphatic heterocycles. The highest BCUT2D eigenvalue weighted by molar-refractivity contribution is 5.59. The van der Waals surface area contributed by atoms with E-state index in [0.717, 1.165) is 49.0 Å². The van der Waals surface area contributed by atoms with Gasteiger partial charge in [0.15, 0.2) is 11.6 Å². The van der Waals surface area contributed by atoms with Gasteiger partial charge in [-0.3, -0.25) is 0 Å². The van der Waals surface area contributed by atoms with Gasteiger partial charge in [0.25, 0.3) is 0 Å². The molecule has 1 fully saturated rings. The van der Waals surface area contributed by atoms with Crippen LogP contribution >= 0.6 is 0 Å². The van der Waals surface area contributed by atoms with E-state index in [2.05, 4.69) is 51.2 Å². The van der Waals surface area contributed by atoms with Crippen LogP contribution in [0, 0.1) is 13.8 Å². The van der Waals surface area contributed by atoms with Gasteiger partial charge >= 0.3 is 0 Å². The summed E-state index contributed by atoms with van der Waals surface area (Å²) in [6, 6.07) is 16.5. The molecule has 28 heavy (non-hydrogen) atoms. The van der Waals surface area contributed by atoms with Gasteiger partial charge in [0.2, 0.25) is 0 Å². The number of ether oxygens (including phenoxy) is 1. The third-order valence-corrected chi connectivity index (χ3v) is 5.14. The quantitative estimate of drug-likeness (QED) is 0.696. The number of hydrogen-bond acceptors (Lipinski definition) is 6. The summed E-state index contributed by atoms with van der Waals surface area (Å²) in [4.78, 5) is 9.52. The molecule has 0 saturated carbocycles. The Labute approximate surface area is 165 Å². The number of anilines is 2. The van der Waals surface area contributed by atoms with Crippen LogP contribution in [0.1, 0.15) is 11.3 Å². The summed E-state index contributed by atoms with van der Waals surface area (Å²) >= 11 is 0. The van der Waals surface area contributed by atoms with Crippen molar-refractivity contribution in [2.75, 3.05) is 43.1 Å². The van der Waals surface area contributed by atoms with Crippen molar-refractivity contribution in [2.24, 2.45) is 0 Å². The van der Waals surface area contributed by atoms with Gasteiger partial charge in [-0.1, -0.05) is 35.9 Å². The molecule has 0 unspecified atom stereocenters. The smallest absolute Gasteiger partial charge is 0.183 e. The molecule has 4 rings (SSSR count). The van der Waals surface area contributed by atoms with Gasteiger partial charge in [-0.05, 0) is 26.0 Å². The van der Waals surface area contributed by atoms with E-state index in [9.17, 15) is 0 Å². The number of aryl methyl sites for hydroxylation is 2. The molecule has 2 heterocycles. The van der Waals surface area contributed by atoms with Crippen LogP contribution in [-0.2, 0) is 0 Å². The van der Waals surface area contributed by atoms with Crippen LogP contribution in [0.2, 0.25) is 0 Å². The van der Waals surface area contributed by atoms with Crippen molar-refractivity contribution in [1.29, 1.82) is 0 Å². The van der Waals surface area contributed by atoms with E-state index in [1.807, 2.05) is 31.2 Å². The van der Waals surface area contributed by atoms with Crippen molar-refractivity contribution in [3.63, 3.8) is 0 Å². The molecule has 3 aromatic rings. The van der Waals surface area contributed by atoms with E-state index >= 15 is 0 Å². The molecule has 1 saturated heterocycles. The molecule has 1 aromatic heterocycles. The minimum Gasteiger partial charge on any atom is -0.497 e. The Morgan fingerprint density at radius 1 is 0.857 bits per heavy atom. The predicted molar refractivity (Wildman–Crippen MR) is 112 cm³/mol. The number of nitrogens with zero attached hydrogens (tertiary/aromatic N) is 5. The van der Waals surface area contributed by atoms with Gasteiger partial charge in [-0.25, -0.2) is 4.98 Å². The summed E-state index contributed by atoms with van der Waals surface area (Å²) in [5, 5.41) is 8.67. The molecule has 0 atom stereocenters. The maximum atomic E-state index is 5.35. The predicted octanol–water partition coefficient (Wildman–Crippen LogP) is 3.49. The first kappa shape index (κ1) is 18.2. The first-order valence-corrected chi connectivity index (χ1v) is 9.56. The molecule has 1 aliphatic rings. The molecule has 0 bridgehead atoms. The van der Waals surface area contributed by atoms with Crippen LogP contribution in [0.4, 0.5) is 11.5 Å². The lowest BCUT2D eigenvalue weighted by Crippen LogP contribution is -2.47. The number of rotatable bonds is 4. The molecular weight excluding hydrogens is 350 g/mol. The lowest BCUT2D eigenvalue weighted by Gasteiger charge is -2.37. The topological polar surface area (TPSA) is 54.4 Å². The van der Waals surface area contributed by atoms with E-state index in [1.165, 1.54) is 11.3 Å². The van der Waals surface area contributed by atoms with E-state index in [0.29, 0.717) is 5.82 Å². The molecule has 2 aromatic carbocycles. The number of aromatic nitrogens is 3. The molecule has 0 N–H and O–H groups in total. The van der Waals surface area contributed by atoms with Gasteiger partial charge < -0.3 is 14.5 Å². The molecule has 0 spiro atoms. The fraction of sp³-hybridized carbons (Fsp3) is 0.318. The third kappa shape index (κ3) is 3.76. The second-order valence-electron chi connectivity index (χ2n) is 7.09. The Morgan fingerprint density at radius 3 is 2.29 bits per heavy atom. The fourth-order valence-electron chi connectivity index (χ4n) is 3.48. The van der Waals surface area contributed by atoms with Gasteiger partial charge in [0.05, 0.1) is 7.11 Å². The number of hydrogen-bond donors (Lipinski definition) is 0. The van der Waals surface area contributed by atoms with Crippen LogP contribution in [0.3, 0.4) is 0 Å². The maximum Gasteiger partial charge on any atom is 0.183 e. The van der Waals surface area contributed by atoms with E-state index in [4.69, 9.17) is 9.72 Å². The lowest BCUT2D eigenvalue weighted by atomic mass is 10.1. The Hall–Kier alpha value is -3.15. The normalized spacial score (nSPS) is 14.2. The molecule has 144 valence electrons. The Balaban J connectivity index is 1.51. The SMILES string of the molecule is COc1cccc(N2CCN(c3nc(-c4ccc(C)cc4)nnc3C)CC2)c1. The summed E-state index contributed by atoms with van der Waals surface area (Å²) in [7, 11) is 1.70. The standard InChI is InChI=1S/C22H25N5O/c1-16-7-9-18(10-8-16)21-23-22(17(2)24-25-21)27-13-11-26(12-14-27)19-5-4-6-20(15-19)28-3/h4-10,15H,11-14H2,1-3H3. The van der Waals surface area contributed by atoms with Gasteiger partial charge in [-0.2, -0.15) is 0 Å². The van der Waals surface area contributed by atoms with E-state index < -0.39 is 0 Å². The molecule has 6 nitrogen and oxygen atoms in total. The zero-order valence-electron chi connectivity index (χ0n) is 16.6. The zero-order valence-corrected chi connectivity index (χ0v) is 16.6. The fourth-order valence-corrected chi connectivity index (χ4v) is 3.48. The highest BCUT2D eigenvalue weighted by Crippen LogP contribution is 2.25. The molecule has 6 heteroatoms. The summed E-state index contributed by atoms with van der Waals surface area (Å²) in [5.74, 6) is 2.49. The number of benzene rings is 2. The number of methoxy groups -OCH3 is 1. The first-order valence-electron chi connectivity index (χ1n) is 9.56.